The molecule has 0 saturated carbocycles. The molecule has 7 heteroatoms. The van der Waals surface area contributed by atoms with E-state index in [0.29, 0.717) is 11.6 Å². The monoisotopic (exact) mass is 290 g/mol. The molecule has 114 valence electrons. The van der Waals surface area contributed by atoms with Crippen molar-refractivity contribution >= 4 is 0 Å². The lowest BCUT2D eigenvalue weighted by Gasteiger charge is -2.31. The Morgan fingerprint density at radius 2 is 2.38 bits per heavy atom. The standard InChI is InChI=1S/C14H22N6O/c1-11-5-15-14(16-11)9-19-4-2-3-12(6-19)7-20-8-13(10-21)17-18-20/h5,8,12,21H,2-4,6-7,9-10H2,1H3,(H,15,16). The lowest BCUT2D eigenvalue weighted by molar-refractivity contribution is 0.150. The van der Waals surface area contributed by atoms with Crippen LogP contribution in [0.1, 0.15) is 30.1 Å². The lowest BCUT2D eigenvalue weighted by Crippen LogP contribution is -2.36. The maximum atomic E-state index is 9.03. The molecule has 1 atom stereocenters. The van der Waals surface area contributed by atoms with Gasteiger partial charge in [-0.3, -0.25) is 9.58 Å². The zero-order valence-corrected chi connectivity index (χ0v) is 12.4. The Labute approximate surface area is 124 Å². The lowest BCUT2D eigenvalue weighted by atomic mass is 9.98. The summed E-state index contributed by atoms with van der Waals surface area (Å²) in [6, 6.07) is 0. The summed E-state index contributed by atoms with van der Waals surface area (Å²) in [6.07, 6.45) is 6.12. The van der Waals surface area contributed by atoms with E-state index in [2.05, 4.69) is 25.2 Å². The second kappa shape index (κ2) is 6.36. The van der Waals surface area contributed by atoms with Gasteiger partial charge < -0.3 is 10.1 Å². The van der Waals surface area contributed by atoms with Crippen LogP contribution < -0.4 is 0 Å². The number of hydrogen-bond acceptors (Lipinski definition) is 5. The molecule has 1 fully saturated rings. The van der Waals surface area contributed by atoms with Crippen LogP contribution in [0.25, 0.3) is 0 Å². The van der Waals surface area contributed by atoms with Gasteiger partial charge in [-0.1, -0.05) is 5.21 Å². The summed E-state index contributed by atoms with van der Waals surface area (Å²) >= 11 is 0. The van der Waals surface area contributed by atoms with Gasteiger partial charge in [-0.05, 0) is 32.2 Å². The Hall–Kier alpha value is -1.73. The van der Waals surface area contributed by atoms with E-state index >= 15 is 0 Å². The van der Waals surface area contributed by atoms with Crippen molar-refractivity contribution in [3.63, 3.8) is 0 Å². The van der Waals surface area contributed by atoms with Crippen LogP contribution in [0.3, 0.4) is 0 Å². The number of hydrogen-bond donors (Lipinski definition) is 2. The van der Waals surface area contributed by atoms with E-state index in [1.165, 1.54) is 12.8 Å². The molecular weight excluding hydrogens is 268 g/mol. The molecule has 0 amide bonds. The number of aryl methyl sites for hydroxylation is 1. The maximum Gasteiger partial charge on any atom is 0.120 e. The Kier molecular flexibility index (Phi) is 4.31. The van der Waals surface area contributed by atoms with E-state index in [0.717, 1.165) is 37.7 Å². The minimum Gasteiger partial charge on any atom is -0.390 e. The van der Waals surface area contributed by atoms with Crippen molar-refractivity contribution in [2.24, 2.45) is 5.92 Å². The third-order valence-corrected chi connectivity index (χ3v) is 3.93. The SMILES string of the molecule is Cc1cnc(CN2CCCC(Cn3cc(CO)nn3)C2)[nH]1. The van der Waals surface area contributed by atoms with Gasteiger partial charge in [0, 0.05) is 25.0 Å². The third kappa shape index (κ3) is 3.68. The highest BCUT2D eigenvalue weighted by atomic mass is 16.3. The van der Waals surface area contributed by atoms with E-state index < -0.39 is 0 Å². The van der Waals surface area contributed by atoms with E-state index in [-0.39, 0.29) is 6.61 Å². The first kappa shape index (κ1) is 14.2. The summed E-state index contributed by atoms with van der Waals surface area (Å²) in [5, 5.41) is 17.0. The fourth-order valence-corrected chi connectivity index (χ4v) is 2.97. The number of piperidine rings is 1. The first-order valence-corrected chi connectivity index (χ1v) is 7.45. The van der Waals surface area contributed by atoms with Gasteiger partial charge in [0.15, 0.2) is 0 Å². The molecule has 0 radical (unpaired) electrons. The van der Waals surface area contributed by atoms with Crippen molar-refractivity contribution < 1.29 is 5.11 Å². The molecule has 1 aliphatic rings. The topological polar surface area (TPSA) is 82.9 Å². The fourth-order valence-electron chi connectivity index (χ4n) is 2.97. The molecule has 0 bridgehead atoms. The zero-order chi connectivity index (χ0) is 14.7. The summed E-state index contributed by atoms with van der Waals surface area (Å²) in [6.45, 7) is 5.89. The summed E-state index contributed by atoms with van der Waals surface area (Å²) < 4.78 is 1.84. The number of H-pyrrole nitrogens is 1. The summed E-state index contributed by atoms with van der Waals surface area (Å²) in [5.74, 6) is 1.61. The number of imidazole rings is 1. The summed E-state index contributed by atoms with van der Waals surface area (Å²) in [5.41, 5.74) is 1.74. The maximum absolute atomic E-state index is 9.03. The van der Waals surface area contributed by atoms with Crippen LogP contribution in [-0.4, -0.2) is 48.1 Å². The molecule has 2 aromatic rings. The number of aromatic nitrogens is 5. The van der Waals surface area contributed by atoms with Gasteiger partial charge in [0.05, 0.1) is 19.3 Å². The molecule has 1 saturated heterocycles. The first-order valence-electron chi connectivity index (χ1n) is 7.45. The number of aromatic amines is 1. The summed E-state index contributed by atoms with van der Waals surface area (Å²) in [7, 11) is 0. The second-order valence-corrected chi connectivity index (χ2v) is 5.85. The normalized spacial score (nSPS) is 20.0. The van der Waals surface area contributed by atoms with Gasteiger partial charge in [0.25, 0.3) is 0 Å². The molecule has 7 nitrogen and oxygen atoms in total. The van der Waals surface area contributed by atoms with Crippen LogP contribution >= 0.6 is 0 Å². The number of likely N-dealkylation sites (tertiary alicyclic amines) is 1. The van der Waals surface area contributed by atoms with Crippen molar-refractivity contribution in [1.29, 1.82) is 0 Å². The molecule has 3 heterocycles. The zero-order valence-electron chi connectivity index (χ0n) is 12.4. The highest BCUT2D eigenvalue weighted by Crippen LogP contribution is 2.19. The van der Waals surface area contributed by atoms with E-state index in [4.69, 9.17) is 5.11 Å². The van der Waals surface area contributed by atoms with Gasteiger partial charge in [-0.25, -0.2) is 4.98 Å². The predicted octanol–water partition coefficient (Wildman–Crippen LogP) is 0.714. The van der Waals surface area contributed by atoms with Crippen LogP contribution in [0.15, 0.2) is 12.4 Å². The predicted molar refractivity (Wildman–Crippen MR) is 77.3 cm³/mol. The minimum atomic E-state index is -0.0470. The average molecular weight is 290 g/mol. The van der Waals surface area contributed by atoms with Crippen LogP contribution in [0.4, 0.5) is 0 Å². The minimum absolute atomic E-state index is 0.0470. The second-order valence-electron chi connectivity index (χ2n) is 5.85. The number of aliphatic hydroxyl groups is 1. The van der Waals surface area contributed by atoms with Gasteiger partial charge in [-0.15, -0.1) is 5.10 Å². The molecular formula is C14H22N6O. The first-order chi connectivity index (χ1) is 10.2. The van der Waals surface area contributed by atoms with E-state index in [9.17, 15) is 0 Å². The van der Waals surface area contributed by atoms with Gasteiger partial charge in [0.2, 0.25) is 0 Å². The molecule has 21 heavy (non-hydrogen) atoms. The molecule has 1 unspecified atom stereocenters. The van der Waals surface area contributed by atoms with Crippen LogP contribution in [-0.2, 0) is 19.7 Å². The van der Waals surface area contributed by atoms with Crippen molar-refractivity contribution in [2.45, 2.75) is 39.5 Å². The van der Waals surface area contributed by atoms with Crippen molar-refractivity contribution in [3.8, 4) is 0 Å². The van der Waals surface area contributed by atoms with Crippen LogP contribution in [0, 0.1) is 12.8 Å². The number of rotatable bonds is 5. The van der Waals surface area contributed by atoms with Crippen molar-refractivity contribution in [1.82, 2.24) is 29.9 Å². The molecule has 1 aliphatic heterocycles. The Bertz CT molecular complexity index is 578. The molecule has 0 spiro atoms. The highest BCUT2D eigenvalue weighted by molar-refractivity contribution is 4.98. The number of nitrogens with one attached hydrogen (secondary N) is 1. The van der Waals surface area contributed by atoms with E-state index in [1.54, 1.807) is 0 Å². The van der Waals surface area contributed by atoms with E-state index in [1.807, 2.05) is 24.0 Å². The highest BCUT2D eigenvalue weighted by Gasteiger charge is 2.21. The Morgan fingerprint density at radius 1 is 1.48 bits per heavy atom. The number of nitrogens with zero attached hydrogens (tertiary/aromatic N) is 5. The summed E-state index contributed by atoms with van der Waals surface area (Å²) in [4.78, 5) is 10.1. The quantitative estimate of drug-likeness (QED) is 0.847. The molecule has 2 aromatic heterocycles. The third-order valence-electron chi connectivity index (χ3n) is 3.93. The number of aliphatic hydroxyl groups excluding tert-OH is 1. The van der Waals surface area contributed by atoms with Crippen molar-refractivity contribution in [2.75, 3.05) is 13.1 Å². The van der Waals surface area contributed by atoms with Gasteiger partial charge in [-0.2, -0.15) is 0 Å². The smallest absolute Gasteiger partial charge is 0.120 e. The average Bonchev–Trinajstić information content (AvgIpc) is 3.08. The fraction of sp³-hybridized carbons (Fsp3) is 0.643. The van der Waals surface area contributed by atoms with Gasteiger partial charge in [0.1, 0.15) is 11.5 Å². The molecule has 0 aliphatic carbocycles. The molecule has 0 aromatic carbocycles. The molecule has 2 N–H and O–H groups in total. The van der Waals surface area contributed by atoms with Gasteiger partial charge >= 0.3 is 0 Å². The van der Waals surface area contributed by atoms with Crippen LogP contribution in [0.5, 0.6) is 0 Å². The van der Waals surface area contributed by atoms with Crippen LogP contribution in [0.2, 0.25) is 0 Å². The largest absolute Gasteiger partial charge is 0.390 e. The Balaban J connectivity index is 1.55. The van der Waals surface area contributed by atoms with Crippen molar-refractivity contribution in [3.05, 3.63) is 29.6 Å². The Morgan fingerprint density at radius 3 is 3.10 bits per heavy atom. The molecule has 3 rings (SSSR count).